The second-order valence-corrected chi connectivity index (χ2v) is 3.56. The predicted octanol–water partition coefficient (Wildman–Crippen LogP) is -1.02. The zero-order valence-corrected chi connectivity index (χ0v) is 9.45. The highest BCUT2D eigenvalue weighted by Gasteiger charge is 2.24. The molecule has 2 amide bonds. The molecule has 0 bridgehead atoms. The summed E-state index contributed by atoms with van der Waals surface area (Å²) in [7, 11) is 0. The number of carboxylic acid groups (broad SMARTS) is 1. The van der Waals surface area contributed by atoms with Crippen LogP contribution in [0.4, 0.5) is 5.69 Å². The average Bonchev–Trinajstić information content (AvgIpc) is 2.76. The number of aromatic nitrogens is 1. The quantitative estimate of drug-likeness (QED) is 0.381. The molecule has 1 heterocycles. The van der Waals surface area contributed by atoms with Gasteiger partial charge in [0.25, 0.3) is 11.6 Å². The van der Waals surface area contributed by atoms with E-state index in [-0.39, 0.29) is 11.4 Å². The molecule has 0 saturated carbocycles. The van der Waals surface area contributed by atoms with Crippen molar-refractivity contribution in [1.82, 2.24) is 10.3 Å². The number of amides is 2. The van der Waals surface area contributed by atoms with Crippen LogP contribution in [0.2, 0.25) is 0 Å². The van der Waals surface area contributed by atoms with Gasteiger partial charge in [0.2, 0.25) is 5.91 Å². The molecular weight excluding hydrogens is 260 g/mol. The Bertz CT molecular complexity index is 537. The maximum absolute atomic E-state index is 11.6. The number of aromatic amines is 1. The predicted molar refractivity (Wildman–Crippen MR) is 60.1 cm³/mol. The second kappa shape index (κ2) is 5.62. The zero-order valence-electron chi connectivity index (χ0n) is 9.45. The third kappa shape index (κ3) is 3.80. The Morgan fingerprint density at radius 2 is 2.16 bits per heavy atom. The summed E-state index contributed by atoms with van der Waals surface area (Å²) in [4.78, 5) is 45.0. The molecule has 102 valence electrons. The van der Waals surface area contributed by atoms with Crippen molar-refractivity contribution >= 4 is 23.5 Å². The van der Waals surface area contributed by atoms with Crippen LogP contribution >= 0.6 is 0 Å². The summed E-state index contributed by atoms with van der Waals surface area (Å²) < 4.78 is 0. The summed E-state index contributed by atoms with van der Waals surface area (Å²) in [6.07, 6.45) is 0.405. The van der Waals surface area contributed by atoms with Crippen molar-refractivity contribution in [2.45, 2.75) is 12.5 Å². The lowest BCUT2D eigenvalue weighted by molar-refractivity contribution is -0.384. The minimum atomic E-state index is -1.49. The number of aliphatic carboxylic acids is 1. The number of nitrogens with zero attached hydrogens (tertiary/aromatic N) is 1. The number of hydrogen-bond donors (Lipinski definition) is 4. The number of carboxylic acids is 1. The fourth-order valence-electron chi connectivity index (χ4n) is 1.26. The standard InChI is InChI=1S/C9H10N4O6/c10-7(14)2-6(9(16)17)12-8(15)5-1-4(3-11-5)13(18)19/h1,3,6,11H,2H2,(H2,10,14)(H,12,15)(H,16,17). The highest BCUT2D eigenvalue weighted by atomic mass is 16.6. The molecule has 0 aliphatic rings. The van der Waals surface area contributed by atoms with E-state index in [1.165, 1.54) is 0 Å². The summed E-state index contributed by atoms with van der Waals surface area (Å²) in [5.74, 6) is -3.22. The van der Waals surface area contributed by atoms with Crippen LogP contribution in [-0.4, -0.2) is 38.8 Å². The van der Waals surface area contributed by atoms with Crippen LogP contribution in [0.5, 0.6) is 0 Å². The van der Waals surface area contributed by atoms with E-state index in [9.17, 15) is 24.5 Å². The lowest BCUT2D eigenvalue weighted by atomic mass is 10.2. The smallest absolute Gasteiger partial charge is 0.326 e. The monoisotopic (exact) mass is 270 g/mol. The van der Waals surface area contributed by atoms with E-state index >= 15 is 0 Å². The van der Waals surface area contributed by atoms with Crippen LogP contribution in [0.25, 0.3) is 0 Å². The molecule has 0 saturated heterocycles. The fourth-order valence-corrected chi connectivity index (χ4v) is 1.26. The fraction of sp³-hybridized carbons (Fsp3) is 0.222. The van der Waals surface area contributed by atoms with Gasteiger partial charge in [-0.15, -0.1) is 0 Å². The summed E-state index contributed by atoms with van der Waals surface area (Å²) in [5, 5.41) is 21.2. The third-order valence-corrected chi connectivity index (χ3v) is 2.13. The van der Waals surface area contributed by atoms with E-state index < -0.39 is 35.2 Å². The first kappa shape index (κ1) is 14.2. The van der Waals surface area contributed by atoms with Gasteiger partial charge in [-0.1, -0.05) is 0 Å². The molecule has 19 heavy (non-hydrogen) atoms. The number of nitro groups is 1. The van der Waals surface area contributed by atoms with Crippen LogP contribution in [0.3, 0.4) is 0 Å². The van der Waals surface area contributed by atoms with Crippen molar-refractivity contribution < 1.29 is 24.4 Å². The third-order valence-electron chi connectivity index (χ3n) is 2.13. The van der Waals surface area contributed by atoms with Gasteiger partial charge in [-0.05, 0) is 0 Å². The van der Waals surface area contributed by atoms with Gasteiger partial charge < -0.3 is 21.1 Å². The highest BCUT2D eigenvalue weighted by molar-refractivity contribution is 5.96. The number of carbonyl (C=O) groups is 3. The number of rotatable bonds is 6. The molecule has 0 fully saturated rings. The van der Waals surface area contributed by atoms with E-state index in [2.05, 4.69) is 4.98 Å². The van der Waals surface area contributed by atoms with Crippen LogP contribution in [0.15, 0.2) is 12.3 Å². The largest absolute Gasteiger partial charge is 0.480 e. The first-order valence-electron chi connectivity index (χ1n) is 4.96. The highest BCUT2D eigenvalue weighted by Crippen LogP contribution is 2.12. The topological polar surface area (TPSA) is 168 Å². The minimum Gasteiger partial charge on any atom is -0.480 e. The van der Waals surface area contributed by atoms with Crippen LogP contribution < -0.4 is 11.1 Å². The molecule has 0 radical (unpaired) electrons. The molecule has 0 spiro atoms. The lowest BCUT2D eigenvalue weighted by Crippen LogP contribution is -2.43. The number of nitrogens with two attached hydrogens (primary N) is 1. The van der Waals surface area contributed by atoms with Crippen molar-refractivity contribution in [3.63, 3.8) is 0 Å². The molecule has 0 aliphatic heterocycles. The maximum Gasteiger partial charge on any atom is 0.326 e. The van der Waals surface area contributed by atoms with Gasteiger partial charge in [-0.3, -0.25) is 19.7 Å². The van der Waals surface area contributed by atoms with Gasteiger partial charge >= 0.3 is 5.97 Å². The normalized spacial score (nSPS) is 11.6. The second-order valence-electron chi connectivity index (χ2n) is 3.56. The molecule has 0 aromatic carbocycles. The van der Waals surface area contributed by atoms with E-state index in [4.69, 9.17) is 10.8 Å². The molecule has 1 rings (SSSR count). The number of hydrogen-bond acceptors (Lipinski definition) is 5. The number of nitrogens with one attached hydrogen (secondary N) is 2. The van der Waals surface area contributed by atoms with Crippen molar-refractivity contribution in [1.29, 1.82) is 0 Å². The van der Waals surface area contributed by atoms with Crippen molar-refractivity contribution in [3.05, 3.63) is 28.1 Å². The Labute approximate surface area is 105 Å². The summed E-state index contributed by atoms with van der Waals surface area (Å²) in [6.45, 7) is 0. The zero-order chi connectivity index (χ0) is 14.6. The number of H-pyrrole nitrogens is 1. The van der Waals surface area contributed by atoms with Crippen LogP contribution in [0, 0.1) is 10.1 Å². The van der Waals surface area contributed by atoms with Gasteiger partial charge in [0, 0.05) is 6.07 Å². The summed E-state index contributed by atoms with van der Waals surface area (Å²) >= 11 is 0. The Morgan fingerprint density at radius 1 is 1.53 bits per heavy atom. The Kier molecular flexibility index (Phi) is 4.19. The van der Waals surface area contributed by atoms with E-state index in [0.29, 0.717) is 0 Å². The molecule has 1 unspecified atom stereocenters. The molecule has 1 aromatic heterocycles. The summed E-state index contributed by atoms with van der Waals surface area (Å²) in [5.41, 5.74) is 4.31. The van der Waals surface area contributed by atoms with E-state index in [0.717, 1.165) is 12.3 Å². The molecule has 0 aliphatic carbocycles. The Morgan fingerprint density at radius 3 is 2.58 bits per heavy atom. The van der Waals surface area contributed by atoms with Crippen LogP contribution in [-0.2, 0) is 9.59 Å². The number of primary amides is 1. The molecule has 1 aromatic rings. The SMILES string of the molecule is NC(=O)CC(NC(=O)c1cc([N+](=O)[O-])c[nH]1)C(=O)O. The average molecular weight is 270 g/mol. The van der Waals surface area contributed by atoms with Gasteiger partial charge in [-0.25, -0.2) is 4.79 Å². The first-order chi connectivity index (χ1) is 8.81. The molecular formula is C9H10N4O6. The molecule has 10 heteroatoms. The molecule has 1 atom stereocenters. The first-order valence-corrected chi connectivity index (χ1v) is 4.96. The van der Waals surface area contributed by atoms with Crippen molar-refractivity contribution in [2.75, 3.05) is 0 Å². The maximum atomic E-state index is 11.6. The van der Waals surface area contributed by atoms with Gasteiger partial charge in [0.05, 0.1) is 17.5 Å². The van der Waals surface area contributed by atoms with E-state index in [1.807, 2.05) is 5.32 Å². The lowest BCUT2D eigenvalue weighted by Gasteiger charge is -2.11. The molecule has 5 N–H and O–H groups in total. The van der Waals surface area contributed by atoms with Crippen LogP contribution in [0.1, 0.15) is 16.9 Å². The molecule has 10 nitrogen and oxygen atoms in total. The van der Waals surface area contributed by atoms with E-state index in [1.54, 1.807) is 0 Å². The van der Waals surface area contributed by atoms with Gasteiger partial charge in [-0.2, -0.15) is 0 Å². The number of carbonyl (C=O) groups excluding carboxylic acids is 2. The Balaban J connectivity index is 2.78. The van der Waals surface area contributed by atoms with Crippen molar-refractivity contribution in [3.8, 4) is 0 Å². The van der Waals surface area contributed by atoms with Gasteiger partial charge in [0.15, 0.2) is 0 Å². The minimum absolute atomic E-state index is 0.192. The van der Waals surface area contributed by atoms with Gasteiger partial charge in [0.1, 0.15) is 11.7 Å². The summed E-state index contributed by atoms with van der Waals surface area (Å²) in [6, 6.07) is -0.550. The Hall–Kier alpha value is -2.91. The van der Waals surface area contributed by atoms with Crippen molar-refractivity contribution in [2.24, 2.45) is 5.73 Å².